The van der Waals surface area contributed by atoms with Crippen LogP contribution >= 0.6 is 11.3 Å². The summed E-state index contributed by atoms with van der Waals surface area (Å²) in [4.78, 5) is 57.8. The minimum absolute atomic E-state index is 0.0266. The van der Waals surface area contributed by atoms with E-state index in [1.807, 2.05) is 63.2 Å². The highest BCUT2D eigenvalue weighted by Crippen LogP contribution is 2.30. The monoisotopic (exact) mass is 764 g/mol. The lowest BCUT2D eigenvalue weighted by Gasteiger charge is -2.24. The number of aliphatic carboxylic acids is 1. The van der Waals surface area contributed by atoms with Gasteiger partial charge in [0, 0.05) is 47.2 Å². The van der Waals surface area contributed by atoms with Crippen LogP contribution in [0.4, 0.5) is 0 Å². The fraction of sp³-hybridized carbons (Fsp3) is 0.357. The lowest BCUT2D eigenvalue weighted by atomic mass is 9.95. The van der Waals surface area contributed by atoms with E-state index in [-0.39, 0.29) is 17.5 Å². The van der Waals surface area contributed by atoms with Gasteiger partial charge in [0.1, 0.15) is 17.9 Å². The summed E-state index contributed by atoms with van der Waals surface area (Å²) in [7, 11) is 0. The number of amides is 2. The molecule has 3 unspecified atom stereocenters. The van der Waals surface area contributed by atoms with Gasteiger partial charge in [-0.05, 0) is 47.2 Å². The predicted octanol–water partition coefficient (Wildman–Crippen LogP) is 6.95. The first kappa shape index (κ1) is 40.7. The molecule has 0 fully saturated rings. The van der Waals surface area contributed by atoms with Crippen molar-refractivity contribution in [2.75, 3.05) is 6.61 Å². The van der Waals surface area contributed by atoms with Gasteiger partial charge >= 0.3 is 5.97 Å². The van der Waals surface area contributed by atoms with Crippen molar-refractivity contribution in [3.05, 3.63) is 113 Å². The average molecular weight is 765 g/mol. The Hall–Kier alpha value is -5.53. The summed E-state index contributed by atoms with van der Waals surface area (Å²) in [6, 6.07) is 15.8. The van der Waals surface area contributed by atoms with Gasteiger partial charge in [-0.15, -0.1) is 11.3 Å². The molecule has 0 bridgehead atoms. The largest absolute Gasteiger partial charge is 0.494 e. The van der Waals surface area contributed by atoms with Crippen molar-refractivity contribution >= 4 is 29.1 Å². The smallest absolute Gasteiger partial charge is 0.329 e. The Balaban J connectivity index is 1.27. The van der Waals surface area contributed by atoms with Crippen LogP contribution in [0.5, 0.6) is 5.75 Å². The highest BCUT2D eigenvalue weighted by atomic mass is 32.1. The maximum Gasteiger partial charge on any atom is 0.329 e. The highest BCUT2D eigenvalue weighted by molar-refractivity contribution is 7.14. The van der Waals surface area contributed by atoms with Gasteiger partial charge in [0.2, 0.25) is 5.91 Å². The molecule has 0 aliphatic rings. The van der Waals surface area contributed by atoms with E-state index < -0.39 is 36.0 Å². The molecule has 55 heavy (non-hydrogen) atoms. The van der Waals surface area contributed by atoms with Gasteiger partial charge in [-0.25, -0.2) is 14.8 Å². The lowest BCUT2D eigenvalue weighted by molar-refractivity contribution is -0.145. The molecule has 0 saturated carbocycles. The Bertz CT molecular complexity index is 2000. The topological polar surface area (TPSA) is 177 Å². The molecule has 0 saturated heterocycles. The molecule has 3 aromatic heterocycles. The van der Waals surface area contributed by atoms with E-state index in [1.165, 1.54) is 55.6 Å². The van der Waals surface area contributed by atoms with Crippen LogP contribution < -0.4 is 15.4 Å². The summed E-state index contributed by atoms with van der Waals surface area (Å²) in [5.41, 5.74) is 3.06. The van der Waals surface area contributed by atoms with Crippen molar-refractivity contribution in [3.63, 3.8) is 0 Å². The van der Waals surface area contributed by atoms with Crippen molar-refractivity contribution in [2.45, 2.75) is 89.8 Å². The fourth-order valence-corrected chi connectivity index (χ4v) is 6.72. The summed E-state index contributed by atoms with van der Waals surface area (Å²) >= 11 is 1.32. The summed E-state index contributed by atoms with van der Waals surface area (Å²) < 4.78 is 5.89. The number of carbonyl (C=O) groups is 3. The number of carboxylic acid groups (broad SMARTS) is 1. The quantitative estimate of drug-likeness (QED) is 0.0683. The molecule has 0 spiro atoms. The molecule has 5 aromatic rings. The molecule has 5 rings (SSSR count). The van der Waals surface area contributed by atoms with Crippen molar-refractivity contribution < 1.29 is 29.3 Å². The van der Waals surface area contributed by atoms with E-state index in [2.05, 4.69) is 37.5 Å². The molecule has 3 heterocycles. The van der Waals surface area contributed by atoms with Gasteiger partial charge in [-0.2, -0.15) is 0 Å². The minimum atomic E-state index is -1.75. The van der Waals surface area contributed by atoms with Crippen molar-refractivity contribution in [2.24, 2.45) is 0 Å². The molecule has 2 aromatic carbocycles. The van der Waals surface area contributed by atoms with Crippen LogP contribution in [0.2, 0.25) is 0 Å². The number of aromatic nitrogens is 4. The van der Waals surface area contributed by atoms with Gasteiger partial charge in [0.15, 0.2) is 11.9 Å². The first-order valence-corrected chi connectivity index (χ1v) is 19.3. The predicted molar refractivity (Wildman–Crippen MR) is 212 cm³/mol. The van der Waals surface area contributed by atoms with E-state index in [0.29, 0.717) is 22.9 Å². The first-order chi connectivity index (χ1) is 26.4. The Morgan fingerprint density at radius 1 is 0.800 bits per heavy atom. The Kier molecular flexibility index (Phi) is 14.2. The molecular weight excluding hydrogens is 717 g/mol. The van der Waals surface area contributed by atoms with Crippen LogP contribution in [-0.2, 0) is 21.4 Å². The lowest BCUT2D eigenvalue weighted by Crippen LogP contribution is -2.54. The number of hydrogen-bond donors (Lipinski definition) is 4. The van der Waals surface area contributed by atoms with E-state index in [9.17, 15) is 24.6 Å². The third-order valence-corrected chi connectivity index (χ3v) is 10.5. The molecular formula is C42H48N6O6S. The zero-order valence-electron chi connectivity index (χ0n) is 31.6. The standard InChI is InChI=1S/C42H48N6O6S/c1-5-6-7-8-9-22-54-31-16-14-28(15-17-31)30-24-45-38(46-25-30)29-12-10-27(11-13-29)23-32(47-40(51)34-18-19-35(55-34)42(2,3)4)39(50)48-36(41(52)53)37(49)33-26-43-20-21-44-33/h10-21,24-26,32,36-37,49H,5-9,22-23H2,1-4H3,(H,47,51)(H,48,50)(H,52,53). The van der Waals surface area contributed by atoms with E-state index in [1.54, 1.807) is 30.6 Å². The molecule has 288 valence electrons. The number of carboxylic acids is 1. The molecule has 12 nitrogen and oxygen atoms in total. The zero-order chi connectivity index (χ0) is 39.4. The second-order valence-electron chi connectivity index (χ2n) is 14.3. The second-order valence-corrected chi connectivity index (χ2v) is 15.4. The molecule has 3 atom stereocenters. The van der Waals surface area contributed by atoms with Crippen LogP contribution in [-0.4, -0.2) is 66.6 Å². The van der Waals surface area contributed by atoms with Crippen molar-refractivity contribution in [3.8, 4) is 28.3 Å². The molecule has 4 N–H and O–H groups in total. The van der Waals surface area contributed by atoms with Crippen LogP contribution in [0.15, 0.2) is 91.6 Å². The maximum absolute atomic E-state index is 13.7. The van der Waals surface area contributed by atoms with Gasteiger partial charge in [-0.3, -0.25) is 19.6 Å². The SMILES string of the molecule is CCCCCCCOc1ccc(-c2cnc(-c3ccc(CC(NC(=O)c4ccc(C(C)(C)C)s4)C(=O)NC(C(=O)O)C(O)c4cnccn4)cc3)nc2)cc1. The minimum Gasteiger partial charge on any atom is -0.494 e. The van der Waals surface area contributed by atoms with Crippen LogP contribution in [0, 0.1) is 0 Å². The van der Waals surface area contributed by atoms with Gasteiger partial charge < -0.3 is 25.6 Å². The second kappa shape index (κ2) is 19.2. The summed E-state index contributed by atoms with van der Waals surface area (Å²) in [6.45, 7) is 9.03. The van der Waals surface area contributed by atoms with Gasteiger partial charge in [0.05, 0.1) is 23.4 Å². The van der Waals surface area contributed by atoms with Crippen LogP contribution in [0.1, 0.15) is 91.7 Å². The number of thiophene rings is 1. The number of rotatable bonds is 18. The highest BCUT2D eigenvalue weighted by Gasteiger charge is 2.34. The summed E-state index contributed by atoms with van der Waals surface area (Å²) in [5, 5.41) is 25.9. The number of unbranched alkanes of at least 4 members (excludes halogenated alkanes) is 4. The fourth-order valence-electron chi connectivity index (χ4n) is 5.76. The maximum atomic E-state index is 13.7. The molecule has 0 radical (unpaired) electrons. The van der Waals surface area contributed by atoms with E-state index >= 15 is 0 Å². The first-order valence-electron chi connectivity index (χ1n) is 18.5. The molecule has 13 heteroatoms. The number of ether oxygens (including phenoxy) is 1. The molecule has 0 aliphatic heterocycles. The number of carbonyl (C=O) groups excluding carboxylic acids is 2. The number of hydrogen-bond acceptors (Lipinski definition) is 10. The van der Waals surface area contributed by atoms with E-state index in [0.717, 1.165) is 33.7 Å². The van der Waals surface area contributed by atoms with Crippen LogP contribution in [0.25, 0.3) is 22.5 Å². The molecule has 0 aliphatic carbocycles. The third kappa shape index (κ3) is 11.5. The third-order valence-electron chi connectivity index (χ3n) is 8.96. The normalized spacial score (nSPS) is 13.0. The summed E-state index contributed by atoms with van der Waals surface area (Å²) in [5.74, 6) is -1.41. The van der Waals surface area contributed by atoms with Crippen molar-refractivity contribution in [1.82, 2.24) is 30.6 Å². The number of aliphatic hydroxyl groups is 1. The number of benzene rings is 2. The Morgan fingerprint density at radius 2 is 1.49 bits per heavy atom. The zero-order valence-corrected chi connectivity index (χ0v) is 32.4. The number of nitrogens with one attached hydrogen (secondary N) is 2. The van der Waals surface area contributed by atoms with Gasteiger partial charge in [0.25, 0.3) is 5.91 Å². The Labute approximate surface area is 325 Å². The average Bonchev–Trinajstić information content (AvgIpc) is 3.71. The number of aliphatic hydroxyl groups excluding tert-OH is 1. The van der Waals surface area contributed by atoms with Gasteiger partial charge in [-0.1, -0.05) is 89.8 Å². The molecule has 2 amide bonds. The number of nitrogens with zero attached hydrogens (tertiary/aromatic N) is 4. The Morgan fingerprint density at radius 3 is 2.11 bits per heavy atom. The van der Waals surface area contributed by atoms with Crippen molar-refractivity contribution in [1.29, 1.82) is 0 Å². The summed E-state index contributed by atoms with van der Waals surface area (Å²) in [6.07, 6.45) is 11.7. The van der Waals surface area contributed by atoms with Crippen LogP contribution in [0.3, 0.4) is 0 Å². The van der Waals surface area contributed by atoms with E-state index in [4.69, 9.17) is 4.74 Å².